The first-order valence-corrected chi connectivity index (χ1v) is 8.28. The molecule has 122 valence electrons. The second kappa shape index (κ2) is 6.82. The van der Waals surface area contributed by atoms with Crippen molar-refractivity contribution in [3.05, 3.63) is 60.7 Å². The second-order valence-electron chi connectivity index (χ2n) is 6.38. The van der Waals surface area contributed by atoms with Gasteiger partial charge in [-0.15, -0.1) is 0 Å². The molecule has 1 aliphatic heterocycles. The number of fused-ring (bicyclic) bond motifs is 1. The quantitative estimate of drug-likeness (QED) is 0.767. The zero-order valence-corrected chi connectivity index (χ0v) is 13.9. The lowest BCUT2D eigenvalue weighted by Gasteiger charge is -2.33. The number of likely N-dealkylation sites (tertiary alicyclic amines) is 1. The maximum absolute atomic E-state index is 4.10. The van der Waals surface area contributed by atoms with Gasteiger partial charge in [0.15, 0.2) is 0 Å². The van der Waals surface area contributed by atoms with Crippen LogP contribution >= 0.6 is 0 Å². The number of hydrogen-bond acceptors (Lipinski definition) is 3. The van der Waals surface area contributed by atoms with E-state index in [2.05, 4.69) is 64.9 Å². The van der Waals surface area contributed by atoms with E-state index < -0.39 is 0 Å². The molecule has 0 aliphatic carbocycles. The summed E-state index contributed by atoms with van der Waals surface area (Å²) in [6, 6.07) is 9.10. The predicted octanol–water partition coefficient (Wildman–Crippen LogP) is 3.23. The molecule has 2 heterocycles. The molecule has 0 amide bonds. The maximum Gasteiger partial charge on any atom is 0.0918 e. The summed E-state index contributed by atoms with van der Waals surface area (Å²) in [6.07, 6.45) is 4.30. The summed E-state index contributed by atoms with van der Waals surface area (Å²) in [5.74, 6) is 0.885. The third kappa shape index (κ3) is 3.89. The number of nitrogens with zero attached hydrogens (tertiary/aromatic N) is 1. The highest BCUT2D eigenvalue weighted by Crippen LogP contribution is 2.17. The van der Waals surface area contributed by atoms with Crippen LogP contribution in [0.15, 0.2) is 49.4 Å². The van der Waals surface area contributed by atoms with Gasteiger partial charge < -0.3 is 20.5 Å². The number of nitrogens with one attached hydrogen (secondary N) is 3. The number of H-pyrrole nitrogens is 1. The van der Waals surface area contributed by atoms with Gasteiger partial charge in [0.05, 0.1) is 12.4 Å². The molecule has 1 fully saturated rings. The first-order valence-electron chi connectivity index (χ1n) is 8.28. The van der Waals surface area contributed by atoms with E-state index in [0.29, 0.717) is 6.04 Å². The molecule has 0 radical (unpaired) electrons. The van der Waals surface area contributed by atoms with Crippen LogP contribution in [0, 0.1) is 6.92 Å². The molecule has 1 saturated heterocycles. The van der Waals surface area contributed by atoms with Gasteiger partial charge in [0.1, 0.15) is 0 Å². The van der Waals surface area contributed by atoms with Crippen LogP contribution < -0.4 is 10.6 Å². The van der Waals surface area contributed by atoms with Gasteiger partial charge >= 0.3 is 0 Å². The van der Waals surface area contributed by atoms with Gasteiger partial charge in [0.25, 0.3) is 0 Å². The van der Waals surface area contributed by atoms with Crippen LogP contribution in [-0.4, -0.2) is 29.0 Å². The number of rotatable bonds is 6. The van der Waals surface area contributed by atoms with Crippen LogP contribution in [-0.2, 0) is 6.54 Å². The number of piperidine rings is 1. The number of hydrogen-bond donors (Lipinski definition) is 3. The predicted molar refractivity (Wildman–Crippen MR) is 96.9 cm³/mol. The van der Waals surface area contributed by atoms with Crippen LogP contribution in [0.5, 0.6) is 0 Å². The third-order valence-electron chi connectivity index (χ3n) is 4.42. The van der Waals surface area contributed by atoms with Gasteiger partial charge in [-0.05, 0) is 49.0 Å². The van der Waals surface area contributed by atoms with Gasteiger partial charge in [-0.25, -0.2) is 0 Å². The Morgan fingerprint density at radius 3 is 3.13 bits per heavy atom. The first-order chi connectivity index (χ1) is 11.1. The highest BCUT2D eigenvalue weighted by atomic mass is 15.2. The molecule has 23 heavy (non-hydrogen) atoms. The summed E-state index contributed by atoms with van der Waals surface area (Å²) >= 11 is 0. The maximum atomic E-state index is 4.10. The minimum absolute atomic E-state index is 0.437. The van der Waals surface area contributed by atoms with Crippen molar-refractivity contribution in [3.63, 3.8) is 0 Å². The van der Waals surface area contributed by atoms with Crippen LogP contribution in [0.3, 0.4) is 0 Å². The highest BCUT2D eigenvalue weighted by Gasteiger charge is 2.17. The molecule has 3 rings (SSSR count). The Morgan fingerprint density at radius 2 is 2.30 bits per heavy atom. The lowest BCUT2D eigenvalue weighted by molar-refractivity contribution is 0.259. The van der Waals surface area contributed by atoms with Gasteiger partial charge in [-0.1, -0.05) is 25.3 Å². The van der Waals surface area contributed by atoms with Gasteiger partial charge in [-0.2, -0.15) is 0 Å². The van der Waals surface area contributed by atoms with Crippen molar-refractivity contribution in [2.24, 2.45) is 0 Å². The Balaban J connectivity index is 1.52. The van der Waals surface area contributed by atoms with E-state index in [9.17, 15) is 0 Å². The number of aromatic amines is 1. The normalized spacial score (nSPS) is 18.0. The Labute approximate surface area is 138 Å². The molecular weight excluding hydrogens is 284 g/mol. The summed E-state index contributed by atoms with van der Waals surface area (Å²) in [7, 11) is 0. The smallest absolute Gasteiger partial charge is 0.0918 e. The largest absolute Gasteiger partial charge is 0.376 e. The van der Waals surface area contributed by atoms with Gasteiger partial charge in [0.2, 0.25) is 0 Å². The lowest BCUT2D eigenvalue weighted by Crippen LogP contribution is -2.44. The summed E-state index contributed by atoms with van der Waals surface area (Å²) in [4.78, 5) is 5.72. The highest BCUT2D eigenvalue weighted by molar-refractivity contribution is 5.81. The molecule has 0 spiro atoms. The third-order valence-corrected chi connectivity index (χ3v) is 4.42. The van der Waals surface area contributed by atoms with Crippen LogP contribution in [0.4, 0.5) is 0 Å². The molecule has 1 aromatic heterocycles. The van der Waals surface area contributed by atoms with Crippen molar-refractivity contribution >= 4 is 10.9 Å². The van der Waals surface area contributed by atoms with E-state index in [1.54, 1.807) is 0 Å². The van der Waals surface area contributed by atoms with Crippen LogP contribution in [0.2, 0.25) is 0 Å². The zero-order chi connectivity index (χ0) is 16.2. The minimum atomic E-state index is 0.437. The first kappa shape index (κ1) is 15.5. The number of benzene rings is 1. The van der Waals surface area contributed by atoms with Gasteiger partial charge in [-0.3, -0.25) is 0 Å². The van der Waals surface area contributed by atoms with Crippen molar-refractivity contribution in [3.8, 4) is 0 Å². The molecular formula is C19H26N4. The summed E-state index contributed by atoms with van der Waals surface area (Å²) in [6.45, 7) is 12.9. The van der Waals surface area contributed by atoms with Crippen molar-refractivity contribution in [1.29, 1.82) is 0 Å². The van der Waals surface area contributed by atoms with E-state index >= 15 is 0 Å². The monoisotopic (exact) mass is 310 g/mol. The Hall–Kier alpha value is -2.36. The van der Waals surface area contributed by atoms with Crippen molar-refractivity contribution in [2.75, 3.05) is 13.1 Å². The minimum Gasteiger partial charge on any atom is -0.376 e. The summed E-state index contributed by atoms with van der Waals surface area (Å²) < 4.78 is 0. The van der Waals surface area contributed by atoms with Crippen molar-refractivity contribution < 1.29 is 0 Å². The average molecular weight is 310 g/mol. The molecule has 4 heteroatoms. The average Bonchev–Trinajstić information content (AvgIpc) is 2.95. The van der Waals surface area contributed by atoms with Crippen LogP contribution in [0.1, 0.15) is 24.1 Å². The number of aromatic nitrogens is 1. The van der Waals surface area contributed by atoms with Crippen LogP contribution in [0.25, 0.3) is 10.9 Å². The second-order valence-corrected chi connectivity index (χ2v) is 6.38. The Morgan fingerprint density at radius 1 is 1.43 bits per heavy atom. The molecule has 3 N–H and O–H groups in total. The fraction of sp³-hybridized carbons (Fsp3) is 0.368. The fourth-order valence-electron chi connectivity index (χ4n) is 3.19. The van der Waals surface area contributed by atoms with E-state index in [1.807, 2.05) is 6.20 Å². The molecule has 4 nitrogen and oxygen atoms in total. The van der Waals surface area contributed by atoms with E-state index in [0.717, 1.165) is 25.5 Å². The van der Waals surface area contributed by atoms with E-state index in [4.69, 9.17) is 0 Å². The van der Waals surface area contributed by atoms with Gasteiger partial charge in [0, 0.05) is 30.3 Å². The molecule has 1 unspecified atom stereocenters. The topological polar surface area (TPSA) is 43.1 Å². The fourth-order valence-corrected chi connectivity index (χ4v) is 3.19. The van der Waals surface area contributed by atoms with E-state index in [-0.39, 0.29) is 0 Å². The standard InChI is InChI=1S/C19H26N4/c1-4-23-9-5-6-17(13-23)21-15(3)20-12-18-11-16-8-7-14(2)10-19(16)22-18/h4,7-8,10-11,17,20-22H,1,3,5-6,9,12-13H2,2H3. The van der Waals surface area contributed by atoms with E-state index in [1.165, 1.54) is 35.0 Å². The molecule has 1 aromatic carbocycles. The van der Waals surface area contributed by atoms with Crippen molar-refractivity contribution in [2.45, 2.75) is 32.4 Å². The summed E-state index contributed by atoms with van der Waals surface area (Å²) in [5, 5.41) is 8.11. The lowest BCUT2D eigenvalue weighted by atomic mass is 10.1. The molecule has 1 atom stereocenters. The Kier molecular flexibility index (Phi) is 4.60. The zero-order valence-electron chi connectivity index (χ0n) is 13.9. The molecule has 0 saturated carbocycles. The molecule has 0 bridgehead atoms. The Bertz CT molecular complexity index is 700. The SMILES string of the molecule is C=CN1CCCC(NC(=C)NCc2cc3ccc(C)cc3[nH]2)C1. The molecule has 2 aromatic rings. The summed E-state index contributed by atoms with van der Waals surface area (Å²) in [5.41, 5.74) is 3.63. The van der Waals surface area contributed by atoms with Crippen molar-refractivity contribution in [1.82, 2.24) is 20.5 Å². The molecule has 1 aliphatic rings. The number of aryl methyl sites for hydroxylation is 1.